The molecule has 0 bridgehead atoms. The third-order valence-electron chi connectivity index (χ3n) is 2.81. The van der Waals surface area contributed by atoms with Gasteiger partial charge in [-0.1, -0.05) is 6.07 Å². The van der Waals surface area contributed by atoms with Crippen LogP contribution in [0.2, 0.25) is 0 Å². The Balaban J connectivity index is 2.35. The average Bonchev–Trinajstić information content (AvgIpc) is 2.91. The average molecular weight is 328 g/mol. The topological polar surface area (TPSA) is 101 Å². The van der Waals surface area contributed by atoms with Gasteiger partial charge in [-0.25, -0.2) is 8.42 Å². The molecular weight excluding hydrogens is 316 g/mol. The monoisotopic (exact) mass is 328 g/mol. The molecule has 0 saturated carbocycles. The normalized spacial score (nSPS) is 11.7. The molecule has 0 spiro atoms. The van der Waals surface area contributed by atoms with Crippen LogP contribution in [0.15, 0.2) is 40.6 Å². The Bertz CT molecular complexity index is 756. The summed E-state index contributed by atoms with van der Waals surface area (Å²) in [5.41, 5.74) is -0.638. The molecule has 0 saturated heterocycles. The Hall–Kier alpha value is -1.97. The SMILES string of the molecule is CN(Cc1cccs1)S(=O)(=O)c1ccc(O)c([N+](=O)[O-])c1. The summed E-state index contributed by atoms with van der Waals surface area (Å²) in [4.78, 5) is 10.6. The molecule has 2 rings (SSSR count). The number of aromatic hydroxyl groups is 1. The molecule has 1 heterocycles. The number of nitro benzene ring substituents is 1. The van der Waals surface area contributed by atoms with Crippen LogP contribution >= 0.6 is 11.3 Å². The fourth-order valence-corrected chi connectivity index (χ4v) is 3.71. The number of phenols is 1. The van der Waals surface area contributed by atoms with Gasteiger partial charge in [-0.05, 0) is 23.6 Å². The van der Waals surface area contributed by atoms with Gasteiger partial charge in [0.2, 0.25) is 10.0 Å². The van der Waals surface area contributed by atoms with E-state index < -0.39 is 26.4 Å². The standard InChI is InChI=1S/C12H12N2O5S2/c1-13(8-9-3-2-6-20-9)21(18,19)10-4-5-12(15)11(7-10)14(16)17/h2-7,15H,8H2,1H3. The molecule has 0 aliphatic rings. The number of rotatable bonds is 5. The zero-order valence-corrected chi connectivity index (χ0v) is 12.6. The van der Waals surface area contributed by atoms with Crippen molar-refractivity contribution in [2.75, 3.05) is 7.05 Å². The lowest BCUT2D eigenvalue weighted by atomic mass is 10.3. The van der Waals surface area contributed by atoms with Crippen LogP contribution in [-0.4, -0.2) is 29.8 Å². The Morgan fingerprint density at radius 1 is 1.38 bits per heavy atom. The van der Waals surface area contributed by atoms with Gasteiger partial charge in [0.1, 0.15) is 0 Å². The van der Waals surface area contributed by atoms with E-state index in [0.717, 1.165) is 27.4 Å². The first-order chi connectivity index (χ1) is 9.82. The Morgan fingerprint density at radius 3 is 2.67 bits per heavy atom. The summed E-state index contributed by atoms with van der Waals surface area (Å²) >= 11 is 1.42. The largest absolute Gasteiger partial charge is 0.502 e. The van der Waals surface area contributed by atoms with Gasteiger partial charge in [-0.15, -0.1) is 11.3 Å². The molecule has 0 aliphatic carbocycles. The van der Waals surface area contributed by atoms with Crippen LogP contribution in [0.4, 0.5) is 5.69 Å². The summed E-state index contributed by atoms with van der Waals surface area (Å²) in [5, 5.41) is 22.0. The quantitative estimate of drug-likeness (QED) is 0.669. The maximum absolute atomic E-state index is 12.4. The lowest BCUT2D eigenvalue weighted by molar-refractivity contribution is -0.386. The molecule has 9 heteroatoms. The van der Waals surface area contributed by atoms with E-state index in [1.165, 1.54) is 18.4 Å². The molecule has 7 nitrogen and oxygen atoms in total. The number of hydrogen-bond donors (Lipinski definition) is 1. The number of nitrogens with zero attached hydrogens (tertiary/aromatic N) is 2. The lowest BCUT2D eigenvalue weighted by Crippen LogP contribution is -2.26. The molecule has 0 amide bonds. The van der Waals surface area contributed by atoms with E-state index in [-0.39, 0.29) is 11.4 Å². The van der Waals surface area contributed by atoms with Crippen molar-refractivity contribution in [3.63, 3.8) is 0 Å². The van der Waals surface area contributed by atoms with Crippen LogP contribution in [-0.2, 0) is 16.6 Å². The minimum atomic E-state index is -3.86. The van der Waals surface area contributed by atoms with E-state index in [0.29, 0.717) is 0 Å². The van der Waals surface area contributed by atoms with Crippen molar-refractivity contribution in [1.82, 2.24) is 4.31 Å². The predicted molar refractivity (Wildman–Crippen MR) is 77.7 cm³/mol. The fraction of sp³-hybridized carbons (Fsp3) is 0.167. The van der Waals surface area contributed by atoms with Crippen LogP contribution in [0.3, 0.4) is 0 Å². The molecule has 2 aromatic rings. The van der Waals surface area contributed by atoms with Gasteiger partial charge in [0.05, 0.1) is 9.82 Å². The van der Waals surface area contributed by atoms with Crippen molar-refractivity contribution in [3.8, 4) is 5.75 Å². The highest BCUT2D eigenvalue weighted by atomic mass is 32.2. The molecule has 1 aromatic heterocycles. The van der Waals surface area contributed by atoms with Crippen LogP contribution in [0, 0.1) is 10.1 Å². The molecule has 0 aliphatic heterocycles. The van der Waals surface area contributed by atoms with Gasteiger partial charge in [-0.3, -0.25) is 10.1 Å². The Morgan fingerprint density at radius 2 is 2.10 bits per heavy atom. The van der Waals surface area contributed by atoms with E-state index in [9.17, 15) is 23.6 Å². The molecule has 0 radical (unpaired) electrons. The van der Waals surface area contributed by atoms with Crippen molar-refractivity contribution >= 4 is 27.0 Å². The van der Waals surface area contributed by atoms with E-state index in [1.807, 2.05) is 11.4 Å². The second-order valence-corrected chi connectivity index (χ2v) is 7.33. The van der Waals surface area contributed by atoms with Crippen molar-refractivity contribution in [3.05, 3.63) is 50.7 Å². The number of sulfonamides is 1. The minimum absolute atomic E-state index is 0.175. The summed E-state index contributed by atoms with van der Waals surface area (Å²) in [6.07, 6.45) is 0. The van der Waals surface area contributed by atoms with Crippen molar-refractivity contribution in [2.24, 2.45) is 0 Å². The minimum Gasteiger partial charge on any atom is -0.502 e. The maximum atomic E-state index is 12.4. The van der Waals surface area contributed by atoms with Gasteiger partial charge in [0, 0.05) is 24.5 Å². The number of benzene rings is 1. The summed E-state index contributed by atoms with van der Waals surface area (Å²) in [7, 11) is -2.47. The van der Waals surface area contributed by atoms with E-state index >= 15 is 0 Å². The Labute approximate surface area is 125 Å². The number of phenolic OH excluding ortho intramolecular Hbond substituents is 1. The summed E-state index contributed by atoms with van der Waals surface area (Å²) < 4.78 is 25.8. The highest BCUT2D eigenvalue weighted by molar-refractivity contribution is 7.89. The third-order valence-corrected chi connectivity index (χ3v) is 5.47. The maximum Gasteiger partial charge on any atom is 0.312 e. The van der Waals surface area contributed by atoms with Gasteiger partial charge in [0.15, 0.2) is 5.75 Å². The molecule has 0 atom stereocenters. The van der Waals surface area contributed by atoms with Crippen molar-refractivity contribution in [1.29, 1.82) is 0 Å². The first kappa shape index (κ1) is 15.4. The van der Waals surface area contributed by atoms with E-state index in [4.69, 9.17) is 0 Å². The van der Waals surface area contributed by atoms with Crippen LogP contribution < -0.4 is 0 Å². The van der Waals surface area contributed by atoms with E-state index in [1.54, 1.807) is 6.07 Å². The zero-order chi connectivity index (χ0) is 15.6. The highest BCUT2D eigenvalue weighted by Crippen LogP contribution is 2.29. The summed E-state index contributed by atoms with van der Waals surface area (Å²) in [6, 6.07) is 6.62. The molecule has 0 unspecified atom stereocenters. The second kappa shape index (κ2) is 5.80. The predicted octanol–water partition coefficient (Wildman–Crippen LogP) is 2.18. The number of hydrogen-bond acceptors (Lipinski definition) is 6. The van der Waals surface area contributed by atoms with Gasteiger partial charge < -0.3 is 5.11 Å². The zero-order valence-electron chi connectivity index (χ0n) is 11.0. The third kappa shape index (κ3) is 3.20. The van der Waals surface area contributed by atoms with Gasteiger partial charge in [-0.2, -0.15) is 4.31 Å². The smallest absolute Gasteiger partial charge is 0.312 e. The molecule has 112 valence electrons. The molecule has 21 heavy (non-hydrogen) atoms. The van der Waals surface area contributed by atoms with Crippen LogP contribution in [0.5, 0.6) is 5.75 Å². The van der Waals surface area contributed by atoms with Crippen molar-refractivity contribution in [2.45, 2.75) is 11.4 Å². The summed E-state index contributed by atoms with van der Waals surface area (Å²) in [6.45, 7) is 0.175. The fourth-order valence-electron chi connectivity index (χ4n) is 1.70. The lowest BCUT2D eigenvalue weighted by Gasteiger charge is -2.16. The molecule has 1 N–H and O–H groups in total. The van der Waals surface area contributed by atoms with Gasteiger partial charge >= 0.3 is 5.69 Å². The first-order valence-electron chi connectivity index (χ1n) is 5.78. The second-order valence-electron chi connectivity index (χ2n) is 4.25. The summed E-state index contributed by atoms with van der Waals surface area (Å²) in [5.74, 6) is -0.570. The number of nitro groups is 1. The first-order valence-corrected chi connectivity index (χ1v) is 8.10. The molecular formula is C12H12N2O5S2. The number of thiophene rings is 1. The van der Waals surface area contributed by atoms with Crippen LogP contribution in [0.25, 0.3) is 0 Å². The van der Waals surface area contributed by atoms with Crippen LogP contribution in [0.1, 0.15) is 4.88 Å². The van der Waals surface area contributed by atoms with Gasteiger partial charge in [0.25, 0.3) is 0 Å². The molecule has 1 aromatic carbocycles. The van der Waals surface area contributed by atoms with Crippen molar-refractivity contribution < 1.29 is 18.4 Å². The Kier molecular flexibility index (Phi) is 4.26. The highest BCUT2D eigenvalue weighted by Gasteiger charge is 2.25. The molecule has 0 fully saturated rings. The van der Waals surface area contributed by atoms with E-state index in [2.05, 4.69) is 0 Å².